The number of amides is 3. The molecule has 1 N–H and O–H groups in total. The van der Waals surface area contributed by atoms with Gasteiger partial charge in [-0.1, -0.05) is 6.08 Å². The standard InChI is InChI=1S/C18H16N2O4/c1-3-8-20-17(22)13-7-6-12(10-14(13)18(20)23)16(21)19-11(2)15-5-4-9-24-15/h3-7,9-11H,1,8H2,2H3,(H,19,21)/t11-/m0/s1. The first-order valence-corrected chi connectivity index (χ1v) is 7.48. The summed E-state index contributed by atoms with van der Waals surface area (Å²) in [5.41, 5.74) is 0.853. The Balaban J connectivity index is 1.82. The van der Waals surface area contributed by atoms with Crippen LogP contribution in [0.3, 0.4) is 0 Å². The smallest absolute Gasteiger partial charge is 0.261 e. The lowest BCUT2D eigenvalue weighted by atomic mass is 10.0. The van der Waals surface area contributed by atoms with Crippen LogP contribution in [-0.4, -0.2) is 29.2 Å². The molecule has 24 heavy (non-hydrogen) atoms. The maximum atomic E-state index is 12.4. The Morgan fingerprint density at radius 3 is 2.71 bits per heavy atom. The average Bonchev–Trinajstić information content (AvgIpc) is 3.19. The van der Waals surface area contributed by atoms with Crippen LogP contribution in [0.5, 0.6) is 0 Å². The van der Waals surface area contributed by atoms with Crippen LogP contribution in [0.15, 0.2) is 53.7 Å². The Kier molecular flexibility index (Phi) is 4.04. The Labute approximate surface area is 138 Å². The summed E-state index contributed by atoms with van der Waals surface area (Å²) in [5, 5.41) is 2.79. The molecule has 122 valence electrons. The topological polar surface area (TPSA) is 79.6 Å². The molecule has 1 aliphatic heterocycles. The van der Waals surface area contributed by atoms with E-state index in [1.54, 1.807) is 19.1 Å². The van der Waals surface area contributed by atoms with Crippen LogP contribution in [-0.2, 0) is 0 Å². The molecule has 3 rings (SSSR count). The van der Waals surface area contributed by atoms with E-state index in [-0.39, 0.29) is 30.0 Å². The zero-order chi connectivity index (χ0) is 17.3. The van der Waals surface area contributed by atoms with Gasteiger partial charge in [0.2, 0.25) is 0 Å². The van der Waals surface area contributed by atoms with Crippen molar-refractivity contribution < 1.29 is 18.8 Å². The van der Waals surface area contributed by atoms with E-state index in [0.29, 0.717) is 16.9 Å². The van der Waals surface area contributed by atoms with Gasteiger partial charge < -0.3 is 9.73 Å². The normalized spacial score (nSPS) is 14.5. The van der Waals surface area contributed by atoms with Crippen LogP contribution in [0.2, 0.25) is 0 Å². The average molecular weight is 324 g/mol. The van der Waals surface area contributed by atoms with Crippen LogP contribution < -0.4 is 5.32 Å². The van der Waals surface area contributed by atoms with Crippen molar-refractivity contribution >= 4 is 17.7 Å². The highest BCUT2D eigenvalue weighted by atomic mass is 16.3. The number of carbonyl (C=O) groups is 3. The van der Waals surface area contributed by atoms with Gasteiger partial charge in [0.25, 0.3) is 17.7 Å². The van der Waals surface area contributed by atoms with E-state index in [0.717, 1.165) is 4.90 Å². The SMILES string of the molecule is C=CCN1C(=O)c2ccc(C(=O)N[C@@H](C)c3ccco3)cc2C1=O. The second kappa shape index (κ2) is 6.16. The van der Waals surface area contributed by atoms with Crippen LogP contribution in [0.1, 0.15) is 49.8 Å². The van der Waals surface area contributed by atoms with Crippen molar-refractivity contribution in [2.75, 3.05) is 6.54 Å². The molecule has 0 fully saturated rings. The maximum Gasteiger partial charge on any atom is 0.261 e. The molecular formula is C18H16N2O4. The predicted molar refractivity (Wildman–Crippen MR) is 86.6 cm³/mol. The number of benzene rings is 1. The summed E-state index contributed by atoms with van der Waals surface area (Å²) in [4.78, 5) is 37.9. The van der Waals surface area contributed by atoms with Crippen molar-refractivity contribution in [2.24, 2.45) is 0 Å². The molecule has 0 bridgehead atoms. The zero-order valence-corrected chi connectivity index (χ0v) is 13.1. The van der Waals surface area contributed by atoms with Crippen molar-refractivity contribution in [3.05, 3.63) is 71.7 Å². The minimum atomic E-state index is -0.413. The number of hydrogen-bond acceptors (Lipinski definition) is 4. The molecule has 0 radical (unpaired) electrons. The van der Waals surface area contributed by atoms with Gasteiger partial charge >= 0.3 is 0 Å². The number of rotatable bonds is 5. The van der Waals surface area contributed by atoms with Gasteiger partial charge in [-0.2, -0.15) is 0 Å². The van der Waals surface area contributed by atoms with Crippen LogP contribution in [0.4, 0.5) is 0 Å². The first kappa shape index (κ1) is 15.7. The molecule has 6 heteroatoms. The molecule has 0 saturated carbocycles. The second-order valence-electron chi connectivity index (χ2n) is 5.48. The summed E-state index contributed by atoms with van der Waals surface area (Å²) in [6.07, 6.45) is 3.02. The van der Waals surface area contributed by atoms with Crippen LogP contribution in [0.25, 0.3) is 0 Å². The molecule has 0 saturated heterocycles. The van der Waals surface area contributed by atoms with E-state index in [1.807, 2.05) is 0 Å². The van der Waals surface area contributed by atoms with Crippen molar-refractivity contribution in [1.82, 2.24) is 10.2 Å². The Morgan fingerprint density at radius 2 is 2.04 bits per heavy atom. The molecule has 1 aromatic carbocycles. The summed E-state index contributed by atoms with van der Waals surface area (Å²) in [6, 6.07) is 7.68. The first-order chi connectivity index (χ1) is 11.5. The number of imide groups is 1. The Morgan fingerprint density at radius 1 is 1.29 bits per heavy atom. The molecule has 6 nitrogen and oxygen atoms in total. The van der Waals surface area contributed by atoms with Gasteiger partial charge in [0.05, 0.1) is 23.4 Å². The third-order valence-corrected chi connectivity index (χ3v) is 3.86. The number of furan rings is 1. The molecule has 2 aromatic rings. The Bertz CT molecular complexity index is 824. The van der Waals surface area contributed by atoms with E-state index in [4.69, 9.17) is 4.42 Å². The third kappa shape index (κ3) is 2.62. The minimum Gasteiger partial charge on any atom is -0.467 e. The van der Waals surface area contributed by atoms with Crippen molar-refractivity contribution in [3.63, 3.8) is 0 Å². The largest absolute Gasteiger partial charge is 0.467 e. The van der Waals surface area contributed by atoms with Gasteiger partial charge in [-0.15, -0.1) is 6.58 Å². The summed E-state index contributed by atoms with van der Waals surface area (Å²) in [7, 11) is 0. The fraction of sp³-hybridized carbons (Fsp3) is 0.167. The lowest BCUT2D eigenvalue weighted by molar-refractivity contribution is 0.0672. The highest BCUT2D eigenvalue weighted by Crippen LogP contribution is 2.24. The van der Waals surface area contributed by atoms with E-state index in [2.05, 4.69) is 11.9 Å². The number of hydrogen-bond donors (Lipinski definition) is 1. The van der Waals surface area contributed by atoms with Gasteiger partial charge in [-0.05, 0) is 37.3 Å². The highest BCUT2D eigenvalue weighted by Gasteiger charge is 2.35. The highest BCUT2D eigenvalue weighted by molar-refractivity contribution is 6.22. The monoisotopic (exact) mass is 324 g/mol. The first-order valence-electron chi connectivity index (χ1n) is 7.48. The minimum absolute atomic E-state index is 0.142. The van der Waals surface area contributed by atoms with Crippen molar-refractivity contribution in [1.29, 1.82) is 0 Å². The third-order valence-electron chi connectivity index (χ3n) is 3.86. The number of nitrogens with one attached hydrogen (secondary N) is 1. The zero-order valence-electron chi connectivity index (χ0n) is 13.1. The van der Waals surface area contributed by atoms with Gasteiger partial charge in [0.15, 0.2) is 0 Å². The van der Waals surface area contributed by atoms with E-state index >= 15 is 0 Å². The molecule has 2 heterocycles. The van der Waals surface area contributed by atoms with E-state index in [1.165, 1.54) is 30.5 Å². The maximum absolute atomic E-state index is 12.4. The number of carbonyl (C=O) groups excluding carboxylic acids is 3. The van der Waals surface area contributed by atoms with Crippen molar-refractivity contribution in [2.45, 2.75) is 13.0 Å². The van der Waals surface area contributed by atoms with Gasteiger partial charge in [-0.25, -0.2) is 0 Å². The van der Waals surface area contributed by atoms with Gasteiger partial charge in [0, 0.05) is 12.1 Å². The summed E-state index contributed by atoms with van der Waals surface area (Å²) in [5.74, 6) is -0.494. The lowest BCUT2D eigenvalue weighted by Crippen LogP contribution is -2.29. The van der Waals surface area contributed by atoms with Crippen molar-refractivity contribution in [3.8, 4) is 0 Å². The van der Waals surface area contributed by atoms with E-state index in [9.17, 15) is 14.4 Å². The molecule has 1 aromatic heterocycles. The van der Waals surface area contributed by atoms with Crippen LogP contribution in [0, 0.1) is 0 Å². The molecule has 1 atom stereocenters. The molecule has 0 aliphatic carbocycles. The fourth-order valence-electron chi connectivity index (χ4n) is 2.62. The fourth-order valence-corrected chi connectivity index (χ4v) is 2.62. The van der Waals surface area contributed by atoms with Gasteiger partial charge in [-0.3, -0.25) is 19.3 Å². The van der Waals surface area contributed by atoms with E-state index < -0.39 is 5.91 Å². The molecule has 0 spiro atoms. The van der Waals surface area contributed by atoms with Crippen LogP contribution >= 0.6 is 0 Å². The second-order valence-corrected chi connectivity index (χ2v) is 5.48. The molecular weight excluding hydrogens is 308 g/mol. The Hall–Kier alpha value is -3.15. The molecule has 3 amide bonds. The summed E-state index contributed by atoms with van der Waals surface area (Å²) in [6.45, 7) is 5.48. The predicted octanol–water partition coefficient (Wildman–Crippen LogP) is 2.55. The quantitative estimate of drug-likeness (QED) is 0.677. The number of fused-ring (bicyclic) bond motifs is 1. The summed E-state index contributed by atoms with van der Waals surface area (Å²) < 4.78 is 5.25. The molecule has 0 unspecified atom stereocenters. The van der Waals surface area contributed by atoms with Gasteiger partial charge in [0.1, 0.15) is 5.76 Å². The summed E-state index contributed by atoms with van der Waals surface area (Å²) >= 11 is 0. The molecule has 1 aliphatic rings. The lowest BCUT2D eigenvalue weighted by Gasteiger charge is -2.11. The number of nitrogens with zero attached hydrogens (tertiary/aromatic N) is 1.